The van der Waals surface area contributed by atoms with Gasteiger partial charge in [-0.2, -0.15) is 0 Å². The molecule has 0 atom stereocenters. The number of nitro groups is 1. The Kier molecular flexibility index (Phi) is 9.78. The number of esters is 1. The number of ether oxygens (including phenoxy) is 2. The number of anilines is 3. The molecule has 1 aliphatic carbocycles. The molecule has 0 spiro atoms. The van der Waals surface area contributed by atoms with Gasteiger partial charge in [0, 0.05) is 49.6 Å². The molecule has 1 heterocycles. The van der Waals surface area contributed by atoms with Crippen molar-refractivity contribution in [2.24, 2.45) is 0 Å². The lowest BCUT2D eigenvalue weighted by Crippen LogP contribution is -2.28. The number of rotatable bonds is 11. The third kappa shape index (κ3) is 6.99. The molecular weight excluding hydrogens is 500 g/mol. The molecule has 11 heteroatoms. The van der Waals surface area contributed by atoms with E-state index in [1.165, 1.54) is 20.3 Å². The van der Waals surface area contributed by atoms with E-state index in [-0.39, 0.29) is 17.6 Å². The Bertz CT molecular complexity index is 1330. The van der Waals surface area contributed by atoms with Crippen LogP contribution in [0.4, 0.5) is 23.0 Å². The van der Waals surface area contributed by atoms with E-state index in [4.69, 9.17) is 9.47 Å². The van der Waals surface area contributed by atoms with Gasteiger partial charge in [0.25, 0.3) is 5.69 Å². The molecular formula is C28H36N6O5. The van der Waals surface area contributed by atoms with Gasteiger partial charge in [-0.3, -0.25) is 10.1 Å². The van der Waals surface area contributed by atoms with E-state index in [1.54, 1.807) is 18.3 Å². The van der Waals surface area contributed by atoms with E-state index >= 15 is 0 Å². The zero-order valence-corrected chi connectivity index (χ0v) is 23.6. The molecule has 0 aliphatic heterocycles. The first kappa shape index (κ1) is 29.3. The molecule has 208 valence electrons. The number of aromatic nitrogens is 2. The quantitative estimate of drug-likeness (QED) is 0.244. The molecule has 3 rings (SSSR count). The summed E-state index contributed by atoms with van der Waals surface area (Å²) in [7, 11) is 8.59. The van der Waals surface area contributed by atoms with Crippen molar-refractivity contribution in [2.75, 3.05) is 58.7 Å². The lowest BCUT2D eigenvalue weighted by Gasteiger charge is -2.23. The summed E-state index contributed by atoms with van der Waals surface area (Å²) in [5.41, 5.74) is 4.89. The fraction of sp³-hybridized carbons (Fsp3) is 0.393. The van der Waals surface area contributed by atoms with Crippen molar-refractivity contribution in [1.82, 2.24) is 14.9 Å². The predicted octanol–water partition coefficient (Wildman–Crippen LogP) is 4.75. The first-order chi connectivity index (χ1) is 18.6. The van der Waals surface area contributed by atoms with E-state index < -0.39 is 4.92 Å². The summed E-state index contributed by atoms with van der Waals surface area (Å²) in [6, 6.07) is 4.86. The highest BCUT2D eigenvalue weighted by molar-refractivity contribution is 5.92. The van der Waals surface area contributed by atoms with Crippen LogP contribution in [0, 0.1) is 10.1 Å². The molecule has 39 heavy (non-hydrogen) atoms. The highest BCUT2D eigenvalue weighted by Crippen LogP contribution is 2.39. The average molecular weight is 537 g/mol. The van der Waals surface area contributed by atoms with Crippen LogP contribution in [0.1, 0.15) is 32.4 Å². The Morgan fingerprint density at radius 3 is 2.56 bits per heavy atom. The minimum atomic E-state index is -0.412. The molecule has 0 unspecified atom stereocenters. The lowest BCUT2D eigenvalue weighted by molar-refractivity contribution is -0.384. The summed E-state index contributed by atoms with van der Waals surface area (Å²) >= 11 is 0. The van der Waals surface area contributed by atoms with Crippen LogP contribution in [0.5, 0.6) is 5.75 Å². The maximum atomic E-state index is 12.2. The Labute approximate surface area is 229 Å². The molecule has 1 aliphatic rings. The van der Waals surface area contributed by atoms with E-state index in [0.717, 1.165) is 29.7 Å². The minimum Gasteiger partial charge on any atom is -0.494 e. The molecule has 1 N–H and O–H groups in total. The summed E-state index contributed by atoms with van der Waals surface area (Å²) in [4.78, 5) is 36.6. The molecule has 0 amide bonds. The van der Waals surface area contributed by atoms with Crippen LogP contribution in [0.2, 0.25) is 0 Å². The standard InChI is InChI=1S/C28H36N6O5/c1-8-20(21-15-19(27(35)39-7)10-9-18(21)2)22-11-12-29-28(30-22)31-23-16-25(34(36)37)24(17-26(23)38-6)33(5)14-13-32(3)4/h8,11-12,15-17H,9-10,13-14H2,1-7H3,(H,29,30,31)/b20-8+. The number of hydrogen-bond acceptors (Lipinski definition) is 10. The first-order valence-electron chi connectivity index (χ1n) is 12.6. The second-order valence-electron chi connectivity index (χ2n) is 9.47. The van der Waals surface area contributed by atoms with E-state index in [1.807, 2.05) is 56.9 Å². The van der Waals surface area contributed by atoms with Gasteiger partial charge in [-0.1, -0.05) is 11.6 Å². The highest BCUT2D eigenvalue weighted by atomic mass is 16.6. The number of hydrogen-bond donors (Lipinski definition) is 1. The van der Waals surface area contributed by atoms with Crippen LogP contribution < -0.4 is 15.0 Å². The van der Waals surface area contributed by atoms with Crippen molar-refractivity contribution in [2.45, 2.75) is 26.7 Å². The van der Waals surface area contributed by atoms with Crippen molar-refractivity contribution >= 4 is 34.6 Å². The maximum Gasteiger partial charge on any atom is 0.333 e. The van der Waals surface area contributed by atoms with Gasteiger partial charge in [0.2, 0.25) is 5.95 Å². The first-order valence-corrected chi connectivity index (χ1v) is 12.6. The van der Waals surface area contributed by atoms with Crippen LogP contribution in [0.15, 0.2) is 53.3 Å². The zero-order valence-electron chi connectivity index (χ0n) is 23.6. The molecule has 0 fully saturated rings. The van der Waals surface area contributed by atoms with Crippen molar-refractivity contribution in [1.29, 1.82) is 0 Å². The Balaban J connectivity index is 1.97. The third-order valence-electron chi connectivity index (χ3n) is 6.54. The molecule has 11 nitrogen and oxygen atoms in total. The van der Waals surface area contributed by atoms with Crippen molar-refractivity contribution < 1.29 is 19.2 Å². The monoisotopic (exact) mass is 536 g/mol. The molecule has 1 aromatic carbocycles. The zero-order chi connectivity index (χ0) is 28.7. The maximum absolute atomic E-state index is 12.2. The molecule has 2 aromatic rings. The van der Waals surface area contributed by atoms with Crippen molar-refractivity contribution in [3.8, 4) is 5.75 Å². The number of benzene rings is 1. The van der Waals surface area contributed by atoms with Gasteiger partial charge >= 0.3 is 5.97 Å². The fourth-order valence-electron chi connectivity index (χ4n) is 4.30. The lowest BCUT2D eigenvalue weighted by atomic mass is 9.87. The van der Waals surface area contributed by atoms with Gasteiger partial charge in [0.05, 0.1) is 30.5 Å². The number of nitro benzene ring substituents is 1. The number of nitrogens with zero attached hydrogens (tertiary/aromatic N) is 5. The van der Waals surface area contributed by atoms with Crippen molar-refractivity contribution in [3.63, 3.8) is 0 Å². The average Bonchev–Trinajstić information content (AvgIpc) is 2.92. The van der Waals surface area contributed by atoms with Gasteiger partial charge < -0.3 is 24.6 Å². The van der Waals surface area contributed by atoms with Crippen LogP contribution in [-0.2, 0) is 9.53 Å². The van der Waals surface area contributed by atoms with E-state index in [0.29, 0.717) is 41.4 Å². The number of methoxy groups -OCH3 is 2. The third-order valence-corrected chi connectivity index (χ3v) is 6.54. The normalized spacial score (nSPS) is 13.7. The number of carbonyl (C=O) groups excluding carboxylic acids is 1. The number of nitrogens with one attached hydrogen (secondary N) is 1. The summed E-state index contributed by atoms with van der Waals surface area (Å²) < 4.78 is 10.5. The molecule has 0 saturated heterocycles. The minimum absolute atomic E-state index is 0.0617. The second kappa shape index (κ2) is 13.0. The largest absolute Gasteiger partial charge is 0.494 e. The van der Waals surface area contributed by atoms with Crippen LogP contribution in [0.25, 0.3) is 5.57 Å². The Morgan fingerprint density at radius 1 is 1.21 bits per heavy atom. The molecule has 0 saturated carbocycles. The smallest absolute Gasteiger partial charge is 0.333 e. The van der Waals surface area contributed by atoms with Crippen LogP contribution >= 0.6 is 0 Å². The van der Waals surface area contributed by atoms with Gasteiger partial charge in [0.1, 0.15) is 11.4 Å². The summed E-state index contributed by atoms with van der Waals surface area (Å²) in [5, 5.41) is 15.1. The molecule has 0 radical (unpaired) electrons. The SMILES string of the molecule is C/C=C(\C1=C(C)CCC(C(=O)OC)=C1)c1ccnc(Nc2cc([N+](=O)[O-])c(N(C)CCN(C)C)cc2OC)n1. The number of carbonyl (C=O) groups is 1. The molecule has 0 bridgehead atoms. The predicted molar refractivity (Wildman–Crippen MR) is 152 cm³/mol. The Hall–Kier alpha value is -4.25. The second-order valence-corrected chi connectivity index (χ2v) is 9.47. The topological polar surface area (TPSA) is 123 Å². The van der Waals surface area contributed by atoms with Crippen LogP contribution in [0.3, 0.4) is 0 Å². The molecule has 1 aromatic heterocycles. The van der Waals surface area contributed by atoms with E-state index in [2.05, 4.69) is 15.3 Å². The summed E-state index contributed by atoms with van der Waals surface area (Å²) in [5.74, 6) is 0.327. The Morgan fingerprint density at radius 2 is 1.95 bits per heavy atom. The summed E-state index contributed by atoms with van der Waals surface area (Å²) in [6.07, 6.45) is 6.76. The van der Waals surface area contributed by atoms with Crippen LogP contribution in [-0.4, -0.2) is 74.2 Å². The number of likely N-dealkylation sites (N-methyl/N-ethyl adjacent to an activating group) is 2. The highest BCUT2D eigenvalue weighted by Gasteiger charge is 2.23. The van der Waals surface area contributed by atoms with Gasteiger partial charge in [-0.15, -0.1) is 0 Å². The van der Waals surface area contributed by atoms with Gasteiger partial charge in [-0.05, 0) is 58.5 Å². The number of allylic oxidation sites excluding steroid dienone is 5. The van der Waals surface area contributed by atoms with Gasteiger partial charge in [-0.25, -0.2) is 14.8 Å². The summed E-state index contributed by atoms with van der Waals surface area (Å²) in [6.45, 7) is 5.27. The van der Waals surface area contributed by atoms with E-state index in [9.17, 15) is 14.9 Å². The van der Waals surface area contributed by atoms with Gasteiger partial charge in [0.15, 0.2) is 0 Å². The fourth-order valence-corrected chi connectivity index (χ4v) is 4.30. The van der Waals surface area contributed by atoms with Crippen molar-refractivity contribution in [3.05, 3.63) is 69.1 Å².